The third-order valence-electron chi connectivity index (χ3n) is 5.58. The highest BCUT2D eigenvalue weighted by molar-refractivity contribution is 5.82. The summed E-state index contributed by atoms with van der Waals surface area (Å²) in [6.45, 7) is 9.69. The van der Waals surface area contributed by atoms with Gasteiger partial charge in [-0.15, -0.1) is 0 Å². The number of aromatic hydroxyl groups is 1. The largest absolute Gasteiger partial charge is 0.508 e. The maximum Gasteiger partial charge on any atom is 0.410 e. The summed E-state index contributed by atoms with van der Waals surface area (Å²) in [6.07, 6.45) is 7.12. The number of carbonyl (C=O) groups is 1. The number of hydrogen-bond acceptors (Lipinski definition) is 6. The molecule has 3 aromatic rings. The zero-order valence-electron chi connectivity index (χ0n) is 18.5. The lowest BCUT2D eigenvalue weighted by Crippen LogP contribution is -2.42. The summed E-state index contributed by atoms with van der Waals surface area (Å²) in [6, 6.07) is 3.40. The Morgan fingerprint density at radius 1 is 1.23 bits per heavy atom. The van der Waals surface area contributed by atoms with Crippen molar-refractivity contribution < 1.29 is 14.6 Å². The molecule has 1 N–H and O–H groups in total. The van der Waals surface area contributed by atoms with Crippen LogP contribution in [-0.4, -0.2) is 54.5 Å². The predicted molar refractivity (Wildman–Crippen MR) is 118 cm³/mol. The van der Waals surface area contributed by atoms with Gasteiger partial charge in [0.15, 0.2) is 0 Å². The van der Waals surface area contributed by atoms with E-state index in [4.69, 9.17) is 9.72 Å². The zero-order chi connectivity index (χ0) is 22.2. The summed E-state index contributed by atoms with van der Waals surface area (Å²) in [5.41, 5.74) is 3.32. The fourth-order valence-corrected chi connectivity index (χ4v) is 3.82. The minimum atomic E-state index is -0.470. The molecular weight excluding hydrogens is 394 g/mol. The maximum atomic E-state index is 12.2. The van der Waals surface area contributed by atoms with E-state index in [1.165, 1.54) is 0 Å². The quantitative estimate of drug-likeness (QED) is 0.680. The van der Waals surface area contributed by atoms with Gasteiger partial charge in [0.05, 0.1) is 29.1 Å². The molecule has 31 heavy (non-hydrogen) atoms. The number of benzene rings is 1. The highest BCUT2D eigenvalue weighted by Crippen LogP contribution is 2.27. The normalized spacial score (nSPS) is 15.4. The van der Waals surface area contributed by atoms with E-state index in [0.717, 1.165) is 41.7 Å². The summed E-state index contributed by atoms with van der Waals surface area (Å²) in [5, 5.41) is 14.5. The molecule has 1 fully saturated rings. The smallest absolute Gasteiger partial charge is 0.410 e. The highest BCUT2D eigenvalue weighted by atomic mass is 16.6. The fraction of sp³-hybridized carbons (Fsp3) is 0.478. The lowest BCUT2D eigenvalue weighted by atomic mass is 9.97. The van der Waals surface area contributed by atoms with Gasteiger partial charge in [0.25, 0.3) is 0 Å². The monoisotopic (exact) mass is 423 g/mol. The first-order chi connectivity index (χ1) is 14.7. The average molecular weight is 424 g/mol. The molecular formula is C23H29N5O3. The molecule has 1 saturated heterocycles. The number of rotatable bonds is 3. The van der Waals surface area contributed by atoms with Crippen LogP contribution in [0.5, 0.6) is 5.75 Å². The zero-order valence-corrected chi connectivity index (χ0v) is 18.5. The predicted octanol–water partition coefficient (Wildman–Crippen LogP) is 4.15. The van der Waals surface area contributed by atoms with Crippen molar-refractivity contribution in [2.75, 3.05) is 13.1 Å². The molecule has 0 radical (unpaired) electrons. The molecule has 2 aromatic heterocycles. The van der Waals surface area contributed by atoms with E-state index in [1.54, 1.807) is 29.4 Å². The molecule has 8 heteroatoms. The van der Waals surface area contributed by atoms with Crippen LogP contribution in [0.3, 0.4) is 0 Å². The molecule has 1 aromatic carbocycles. The highest BCUT2D eigenvalue weighted by Gasteiger charge is 2.27. The van der Waals surface area contributed by atoms with E-state index >= 15 is 0 Å². The summed E-state index contributed by atoms with van der Waals surface area (Å²) >= 11 is 0. The Balaban J connectivity index is 1.40. The van der Waals surface area contributed by atoms with Gasteiger partial charge in [0.2, 0.25) is 0 Å². The van der Waals surface area contributed by atoms with Crippen molar-refractivity contribution >= 4 is 17.1 Å². The van der Waals surface area contributed by atoms with Gasteiger partial charge in [-0.3, -0.25) is 9.67 Å². The maximum absolute atomic E-state index is 12.2. The second-order valence-corrected chi connectivity index (χ2v) is 9.19. The van der Waals surface area contributed by atoms with Gasteiger partial charge in [0.1, 0.15) is 11.4 Å². The second-order valence-electron chi connectivity index (χ2n) is 9.19. The van der Waals surface area contributed by atoms with E-state index in [1.807, 2.05) is 38.6 Å². The van der Waals surface area contributed by atoms with Crippen LogP contribution in [0.25, 0.3) is 22.3 Å². The van der Waals surface area contributed by atoms with Crippen LogP contribution in [-0.2, 0) is 11.3 Å². The van der Waals surface area contributed by atoms with Gasteiger partial charge in [0, 0.05) is 37.0 Å². The Labute approximate surface area is 181 Å². The minimum Gasteiger partial charge on any atom is -0.508 e. The van der Waals surface area contributed by atoms with Crippen molar-refractivity contribution in [2.24, 2.45) is 5.92 Å². The van der Waals surface area contributed by atoms with Gasteiger partial charge in [-0.1, -0.05) is 0 Å². The molecule has 1 aliphatic heterocycles. The standard InChI is InChI=1S/C23H29N5O3/c1-15-20(29)6-5-18-21(15)26-19(12-24-18)17-11-25-28(14-17)13-16-7-9-27(10-8-16)22(30)31-23(2,3)4/h5-6,11-12,14,16,29H,7-10,13H2,1-4H3. The molecule has 8 nitrogen and oxygen atoms in total. The molecule has 0 saturated carbocycles. The Kier molecular flexibility index (Phi) is 5.56. The number of phenolic OH excluding ortho intramolecular Hbond substituents is 1. The first kappa shape index (κ1) is 21.1. The van der Waals surface area contributed by atoms with E-state index in [0.29, 0.717) is 24.5 Å². The Morgan fingerprint density at radius 3 is 2.68 bits per heavy atom. The van der Waals surface area contributed by atoms with Crippen LogP contribution in [0, 0.1) is 12.8 Å². The lowest BCUT2D eigenvalue weighted by molar-refractivity contribution is 0.0177. The molecule has 164 valence electrons. The van der Waals surface area contributed by atoms with Crippen molar-refractivity contribution in [3.63, 3.8) is 0 Å². The Hall–Kier alpha value is -3.16. The van der Waals surface area contributed by atoms with Crippen molar-refractivity contribution in [1.29, 1.82) is 0 Å². The van der Waals surface area contributed by atoms with Gasteiger partial charge >= 0.3 is 6.09 Å². The first-order valence-corrected chi connectivity index (χ1v) is 10.7. The second kappa shape index (κ2) is 8.17. The number of fused-ring (bicyclic) bond motifs is 1. The number of likely N-dealkylation sites (tertiary alicyclic amines) is 1. The number of phenols is 1. The molecule has 1 amide bonds. The van der Waals surface area contributed by atoms with Gasteiger partial charge < -0.3 is 14.7 Å². The van der Waals surface area contributed by atoms with Crippen LogP contribution in [0.15, 0.2) is 30.7 Å². The van der Waals surface area contributed by atoms with Crippen LogP contribution >= 0.6 is 0 Å². The number of carbonyl (C=O) groups excluding carboxylic acids is 1. The molecule has 4 rings (SSSR count). The minimum absolute atomic E-state index is 0.215. The van der Waals surface area contributed by atoms with Crippen LogP contribution < -0.4 is 0 Å². The van der Waals surface area contributed by atoms with E-state index in [-0.39, 0.29) is 11.8 Å². The fourth-order valence-electron chi connectivity index (χ4n) is 3.82. The Bertz CT molecular complexity index is 1090. The number of aromatic nitrogens is 4. The summed E-state index contributed by atoms with van der Waals surface area (Å²) < 4.78 is 7.41. The summed E-state index contributed by atoms with van der Waals surface area (Å²) in [5.74, 6) is 0.667. The third-order valence-corrected chi connectivity index (χ3v) is 5.58. The van der Waals surface area contributed by atoms with Crippen molar-refractivity contribution in [3.8, 4) is 17.0 Å². The van der Waals surface area contributed by atoms with Crippen molar-refractivity contribution in [1.82, 2.24) is 24.6 Å². The molecule has 0 atom stereocenters. The molecule has 0 unspecified atom stereocenters. The first-order valence-electron chi connectivity index (χ1n) is 10.7. The molecule has 0 aliphatic carbocycles. The van der Waals surface area contributed by atoms with Gasteiger partial charge in [-0.05, 0) is 58.6 Å². The Morgan fingerprint density at radius 2 is 1.97 bits per heavy atom. The van der Waals surface area contributed by atoms with Gasteiger partial charge in [-0.2, -0.15) is 5.10 Å². The number of aryl methyl sites for hydroxylation is 1. The molecule has 0 spiro atoms. The van der Waals surface area contributed by atoms with E-state index in [9.17, 15) is 9.90 Å². The van der Waals surface area contributed by atoms with Crippen molar-refractivity contribution in [3.05, 3.63) is 36.3 Å². The van der Waals surface area contributed by atoms with Crippen LogP contribution in [0.1, 0.15) is 39.2 Å². The van der Waals surface area contributed by atoms with Crippen LogP contribution in [0.4, 0.5) is 4.79 Å². The number of hydrogen-bond donors (Lipinski definition) is 1. The van der Waals surface area contributed by atoms with Gasteiger partial charge in [-0.25, -0.2) is 9.78 Å². The number of amides is 1. The lowest BCUT2D eigenvalue weighted by Gasteiger charge is -2.33. The molecule has 1 aliphatic rings. The van der Waals surface area contributed by atoms with E-state index < -0.39 is 5.60 Å². The number of ether oxygens (including phenoxy) is 1. The van der Waals surface area contributed by atoms with Crippen LogP contribution in [0.2, 0.25) is 0 Å². The van der Waals surface area contributed by atoms with Crippen molar-refractivity contribution in [2.45, 2.75) is 52.7 Å². The van der Waals surface area contributed by atoms with E-state index in [2.05, 4.69) is 10.1 Å². The topological polar surface area (TPSA) is 93.4 Å². The average Bonchev–Trinajstić information content (AvgIpc) is 3.18. The summed E-state index contributed by atoms with van der Waals surface area (Å²) in [4.78, 5) is 23.2. The summed E-state index contributed by atoms with van der Waals surface area (Å²) in [7, 11) is 0. The number of piperidine rings is 1. The number of nitrogens with zero attached hydrogens (tertiary/aromatic N) is 5. The SMILES string of the molecule is Cc1c(O)ccc2ncc(-c3cnn(CC4CCN(C(=O)OC(C)(C)C)CC4)c3)nc12. The molecule has 3 heterocycles. The molecule has 0 bridgehead atoms. The third kappa shape index (κ3) is 4.78.